The van der Waals surface area contributed by atoms with Crippen LogP contribution in [-0.4, -0.2) is 34.2 Å². The number of carbonyl (C=O) groups excluding carboxylic acids is 2. The van der Waals surface area contributed by atoms with E-state index < -0.39 is 0 Å². The lowest BCUT2D eigenvalue weighted by Gasteiger charge is -1.99. The van der Waals surface area contributed by atoms with E-state index >= 15 is 0 Å². The van der Waals surface area contributed by atoms with Crippen LogP contribution in [0.5, 0.6) is 0 Å². The van der Waals surface area contributed by atoms with Gasteiger partial charge in [0, 0.05) is 25.2 Å². The van der Waals surface area contributed by atoms with Crippen LogP contribution in [0.4, 0.5) is 0 Å². The predicted octanol–water partition coefficient (Wildman–Crippen LogP) is 0.723. The largest absolute Gasteiger partial charge is 0.360 e. The molecule has 0 aliphatic heterocycles. The third-order valence-corrected chi connectivity index (χ3v) is 2.61. The molecule has 22 heavy (non-hydrogen) atoms. The molecule has 2 rings (SSSR count). The minimum absolute atomic E-state index is 0.0337. The Hall–Kier alpha value is -3.16. The van der Waals surface area contributed by atoms with Gasteiger partial charge in [-0.25, -0.2) is 10.9 Å². The molecule has 2 aromatic heterocycles. The number of aromatic nitrogens is 2. The second-order valence-corrected chi connectivity index (χ2v) is 4.34. The van der Waals surface area contributed by atoms with Crippen LogP contribution in [-0.2, 0) is 9.59 Å². The number of H-pyrrole nitrogens is 2. The average molecular weight is 300 g/mol. The van der Waals surface area contributed by atoms with Crippen molar-refractivity contribution in [2.24, 2.45) is 10.2 Å². The van der Waals surface area contributed by atoms with Crippen molar-refractivity contribution in [1.82, 2.24) is 20.8 Å². The Kier molecular flexibility index (Phi) is 5.68. The maximum absolute atomic E-state index is 11.5. The van der Waals surface area contributed by atoms with Gasteiger partial charge in [-0.1, -0.05) is 0 Å². The van der Waals surface area contributed by atoms with Gasteiger partial charge in [-0.05, 0) is 24.3 Å². The minimum atomic E-state index is -0.341. The first-order valence-corrected chi connectivity index (χ1v) is 6.64. The maximum atomic E-state index is 11.5. The molecule has 0 aromatic carbocycles. The Morgan fingerprint density at radius 2 is 1.36 bits per heavy atom. The highest BCUT2D eigenvalue weighted by Gasteiger charge is 2.05. The van der Waals surface area contributed by atoms with Crippen LogP contribution >= 0.6 is 0 Å². The van der Waals surface area contributed by atoms with E-state index in [1.807, 2.05) is 24.3 Å². The van der Waals surface area contributed by atoms with Crippen molar-refractivity contribution in [3.05, 3.63) is 48.0 Å². The van der Waals surface area contributed by atoms with Crippen molar-refractivity contribution in [2.75, 3.05) is 0 Å². The third kappa shape index (κ3) is 5.45. The Balaban J connectivity index is 1.62. The topological polar surface area (TPSA) is 114 Å². The standard InChI is InChI=1S/C14H16N6O2/c21-13(19-17-9-11-3-1-7-15-11)5-6-14(22)20-18-10-12-4-2-8-16-12/h1-4,7-10,15-16H,5-6H2,(H,19,21)(H,20,22). The Morgan fingerprint density at radius 3 is 1.73 bits per heavy atom. The van der Waals surface area contributed by atoms with Crippen LogP contribution in [0.1, 0.15) is 24.2 Å². The zero-order valence-electron chi connectivity index (χ0n) is 11.7. The molecule has 114 valence electrons. The van der Waals surface area contributed by atoms with Gasteiger partial charge in [0.2, 0.25) is 11.8 Å². The molecule has 4 N–H and O–H groups in total. The highest BCUT2D eigenvalue weighted by atomic mass is 16.2. The van der Waals surface area contributed by atoms with Crippen molar-refractivity contribution in [1.29, 1.82) is 0 Å². The molecule has 0 atom stereocenters. The van der Waals surface area contributed by atoms with E-state index in [9.17, 15) is 9.59 Å². The Bertz CT molecular complexity index is 585. The van der Waals surface area contributed by atoms with E-state index in [1.54, 1.807) is 12.4 Å². The fourth-order valence-corrected chi connectivity index (χ4v) is 1.54. The van der Waals surface area contributed by atoms with E-state index in [4.69, 9.17) is 0 Å². The number of nitrogens with zero attached hydrogens (tertiary/aromatic N) is 2. The van der Waals surface area contributed by atoms with Crippen molar-refractivity contribution in [2.45, 2.75) is 12.8 Å². The molecule has 8 heteroatoms. The minimum Gasteiger partial charge on any atom is -0.360 e. The molecule has 0 radical (unpaired) electrons. The number of aromatic amines is 2. The number of hydrazone groups is 2. The molecule has 0 aliphatic carbocycles. The summed E-state index contributed by atoms with van der Waals surface area (Å²) in [5, 5.41) is 7.53. The molecule has 0 fully saturated rings. The lowest BCUT2D eigenvalue weighted by Crippen LogP contribution is -2.22. The van der Waals surface area contributed by atoms with Gasteiger partial charge < -0.3 is 9.97 Å². The van der Waals surface area contributed by atoms with E-state index in [1.165, 1.54) is 12.4 Å². The molecule has 0 unspecified atom stereocenters. The number of rotatable bonds is 7. The van der Waals surface area contributed by atoms with Crippen molar-refractivity contribution in [3.8, 4) is 0 Å². The fraction of sp³-hybridized carbons (Fsp3) is 0.143. The van der Waals surface area contributed by atoms with Gasteiger partial charge in [0.25, 0.3) is 0 Å². The molecule has 0 spiro atoms. The fourth-order valence-electron chi connectivity index (χ4n) is 1.54. The number of amides is 2. The molecular weight excluding hydrogens is 284 g/mol. The van der Waals surface area contributed by atoms with Gasteiger partial charge >= 0.3 is 0 Å². The van der Waals surface area contributed by atoms with Gasteiger partial charge in [-0.15, -0.1) is 0 Å². The summed E-state index contributed by atoms with van der Waals surface area (Å²) < 4.78 is 0. The summed E-state index contributed by atoms with van der Waals surface area (Å²) in [6, 6.07) is 7.26. The predicted molar refractivity (Wildman–Crippen MR) is 82.3 cm³/mol. The molecule has 8 nitrogen and oxygen atoms in total. The molecule has 2 amide bonds. The van der Waals surface area contributed by atoms with Crippen molar-refractivity contribution >= 4 is 24.2 Å². The van der Waals surface area contributed by atoms with Crippen molar-refractivity contribution in [3.63, 3.8) is 0 Å². The van der Waals surface area contributed by atoms with E-state index in [2.05, 4.69) is 31.0 Å². The molecular formula is C14H16N6O2. The average Bonchev–Trinajstić information content (AvgIpc) is 3.18. The van der Waals surface area contributed by atoms with Gasteiger partial charge in [-0.3, -0.25) is 9.59 Å². The second kappa shape index (κ2) is 8.20. The smallest absolute Gasteiger partial charge is 0.240 e. The van der Waals surface area contributed by atoms with Gasteiger partial charge in [-0.2, -0.15) is 10.2 Å². The van der Waals surface area contributed by atoms with Gasteiger partial charge in [0.1, 0.15) is 0 Å². The highest BCUT2D eigenvalue weighted by molar-refractivity contribution is 5.85. The molecule has 2 heterocycles. The summed E-state index contributed by atoms with van der Waals surface area (Å²) >= 11 is 0. The van der Waals surface area contributed by atoms with Gasteiger partial charge in [0.15, 0.2) is 0 Å². The zero-order chi connectivity index (χ0) is 15.6. The lowest BCUT2D eigenvalue weighted by molar-refractivity contribution is -0.126. The van der Waals surface area contributed by atoms with Crippen LogP contribution in [0.25, 0.3) is 0 Å². The summed E-state index contributed by atoms with van der Waals surface area (Å²) in [5.74, 6) is -0.683. The summed E-state index contributed by atoms with van der Waals surface area (Å²) in [5.41, 5.74) is 6.23. The van der Waals surface area contributed by atoms with E-state index in [-0.39, 0.29) is 24.7 Å². The second-order valence-electron chi connectivity index (χ2n) is 4.34. The number of nitrogens with one attached hydrogen (secondary N) is 4. The summed E-state index contributed by atoms with van der Waals surface area (Å²) in [6.45, 7) is 0. The van der Waals surface area contributed by atoms with Crippen LogP contribution in [0, 0.1) is 0 Å². The first-order valence-electron chi connectivity index (χ1n) is 6.64. The van der Waals surface area contributed by atoms with Crippen LogP contribution in [0.15, 0.2) is 46.9 Å². The summed E-state index contributed by atoms with van der Waals surface area (Å²) in [6.07, 6.45) is 6.54. The van der Waals surface area contributed by atoms with Gasteiger partial charge in [0.05, 0.1) is 23.8 Å². The summed E-state index contributed by atoms with van der Waals surface area (Å²) in [7, 11) is 0. The number of hydrogen-bond acceptors (Lipinski definition) is 4. The first-order chi connectivity index (χ1) is 10.7. The van der Waals surface area contributed by atoms with Crippen molar-refractivity contribution < 1.29 is 9.59 Å². The quantitative estimate of drug-likeness (QED) is 0.446. The molecule has 0 bridgehead atoms. The zero-order valence-corrected chi connectivity index (χ0v) is 11.7. The van der Waals surface area contributed by atoms with Crippen LogP contribution < -0.4 is 10.9 Å². The number of carbonyl (C=O) groups is 2. The van der Waals surface area contributed by atoms with E-state index in [0.717, 1.165) is 11.4 Å². The molecule has 0 saturated heterocycles. The number of hydrogen-bond donors (Lipinski definition) is 4. The lowest BCUT2D eigenvalue weighted by atomic mass is 10.3. The van der Waals surface area contributed by atoms with E-state index in [0.29, 0.717) is 0 Å². The maximum Gasteiger partial charge on any atom is 0.240 e. The van der Waals surface area contributed by atoms with Crippen LogP contribution in [0.2, 0.25) is 0 Å². The molecule has 0 aliphatic rings. The normalized spacial score (nSPS) is 11.1. The Labute approximate surface area is 126 Å². The SMILES string of the molecule is O=C(CCC(=O)NN=Cc1ccc[nH]1)NN=Cc1ccc[nH]1. The highest BCUT2D eigenvalue weighted by Crippen LogP contribution is 1.92. The first kappa shape index (κ1) is 15.2. The third-order valence-electron chi connectivity index (χ3n) is 2.61. The monoisotopic (exact) mass is 300 g/mol. The molecule has 2 aromatic rings. The van der Waals surface area contributed by atoms with Crippen LogP contribution in [0.3, 0.4) is 0 Å². The molecule has 0 saturated carbocycles. The Morgan fingerprint density at radius 1 is 0.909 bits per heavy atom. The summed E-state index contributed by atoms with van der Waals surface area (Å²) in [4.78, 5) is 28.8.